The van der Waals surface area contributed by atoms with Gasteiger partial charge in [0.2, 0.25) is 11.8 Å². The van der Waals surface area contributed by atoms with Gasteiger partial charge in [-0.15, -0.1) is 0 Å². The smallest absolute Gasteiger partial charge is 0.331 e. The lowest BCUT2D eigenvalue weighted by Gasteiger charge is -2.39. The number of ether oxygens (including phenoxy) is 1. The predicted octanol–water partition coefficient (Wildman–Crippen LogP) is 2.06. The van der Waals surface area contributed by atoms with Crippen molar-refractivity contribution >= 4 is 11.9 Å². The van der Waals surface area contributed by atoms with E-state index in [4.69, 9.17) is 4.74 Å². The van der Waals surface area contributed by atoms with Gasteiger partial charge in [0.05, 0.1) is 12.8 Å². The van der Waals surface area contributed by atoms with Gasteiger partial charge in [0.25, 0.3) is 0 Å². The number of carbonyl (C=O) groups is 1. The van der Waals surface area contributed by atoms with Crippen molar-refractivity contribution in [3.05, 3.63) is 30.2 Å². The molecule has 0 saturated carbocycles. The number of aliphatic carboxylic acids is 1. The highest BCUT2D eigenvalue weighted by molar-refractivity contribution is 5.77. The van der Waals surface area contributed by atoms with Gasteiger partial charge in [0.1, 0.15) is 0 Å². The molecule has 0 radical (unpaired) electrons. The molecule has 140 valence electrons. The summed E-state index contributed by atoms with van der Waals surface area (Å²) in [4.78, 5) is 22.7. The van der Waals surface area contributed by atoms with Crippen molar-refractivity contribution in [2.24, 2.45) is 0 Å². The normalized spacial score (nSPS) is 17.2. The van der Waals surface area contributed by atoms with E-state index in [-0.39, 0.29) is 5.41 Å². The summed E-state index contributed by atoms with van der Waals surface area (Å²) in [6.07, 6.45) is 4.28. The van der Waals surface area contributed by atoms with Crippen LogP contribution in [-0.4, -0.2) is 51.0 Å². The molecule has 8 nitrogen and oxygen atoms in total. The molecular weight excluding hydrogens is 334 g/mol. The van der Waals surface area contributed by atoms with Crippen molar-refractivity contribution in [3.8, 4) is 5.88 Å². The predicted molar refractivity (Wildman–Crippen MR) is 96.6 cm³/mol. The van der Waals surface area contributed by atoms with Crippen molar-refractivity contribution in [1.29, 1.82) is 0 Å². The van der Waals surface area contributed by atoms with Crippen LogP contribution in [0.5, 0.6) is 5.88 Å². The fraction of sp³-hybridized carbons (Fsp3) is 0.556. The molecule has 1 N–H and O–H groups in total. The Hall–Kier alpha value is -2.64. The third-order valence-corrected chi connectivity index (χ3v) is 4.89. The average Bonchev–Trinajstić information content (AvgIpc) is 3.12. The van der Waals surface area contributed by atoms with Gasteiger partial charge in [0, 0.05) is 49.8 Å². The van der Waals surface area contributed by atoms with Crippen LogP contribution in [0.15, 0.2) is 24.5 Å². The summed E-state index contributed by atoms with van der Waals surface area (Å²) in [5.74, 6) is 0.193. The molecule has 0 spiro atoms. The van der Waals surface area contributed by atoms with E-state index >= 15 is 0 Å². The van der Waals surface area contributed by atoms with Crippen LogP contribution in [0.25, 0.3) is 0 Å². The quantitative estimate of drug-likeness (QED) is 0.893. The summed E-state index contributed by atoms with van der Waals surface area (Å²) in [6, 6.07) is 3.59. The van der Waals surface area contributed by atoms with E-state index < -0.39 is 11.5 Å². The molecule has 3 heterocycles. The molecule has 1 saturated heterocycles. The number of anilines is 1. The number of methoxy groups -OCH3 is 1. The molecule has 26 heavy (non-hydrogen) atoms. The van der Waals surface area contributed by atoms with Crippen LogP contribution < -0.4 is 9.64 Å². The molecule has 8 heteroatoms. The Balaban J connectivity index is 1.83. The van der Waals surface area contributed by atoms with Gasteiger partial charge in [-0.2, -0.15) is 10.1 Å². The molecule has 0 aliphatic carbocycles. The van der Waals surface area contributed by atoms with Crippen LogP contribution in [-0.2, 0) is 15.7 Å². The molecule has 0 amide bonds. The second-order valence-electron chi connectivity index (χ2n) is 7.62. The third kappa shape index (κ3) is 3.23. The molecule has 1 aliphatic heterocycles. The fourth-order valence-corrected chi connectivity index (χ4v) is 3.18. The molecule has 0 atom stereocenters. The lowest BCUT2D eigenvalue weighted by molar-refractivity contribution is -0.149. The van der Waals surface area contributed by atoms with Crippen LogP contribution in [0, 0.1) is 0 Å². The van der Waals surface area contributed by atoms with Gasteiger partial charge in [-0.25, -0.2) is 9.78 Å². The van der Waals surface area contributed by atoms with Gasteiger partial charge in [0.15, 0.2) is 5.54 Å². The molecule has 0 unspecified atom stereocenters. The van der Waals surface area contributed by atoms with Crippen LogP contribution in [0.4, 0.5) is 5.95 Å². The summed E-state index contributed by atoms with van der Waals surface area (Å²) in [6.45, 7) is 7.26. The highest BCUT2D eigenvalue weighted by atomic mass is 16.5. The first-order valence-corrected chi connectivity index (χ1v) is 8.68. The number of aromatic nitrogens is 4. The minimum absolute atomic E-state index is 0.125. The Morgan fingerprint density at radius 3 is 2.50 bits per heavy atom. The van der Waals surface area contributed by atoms with Crippen LogP contribution in [0.1, 0.15) is 39.3 Å². The van der Waals surface area contributed by atoms with E-state index in [0.29, 0.717) is 37.8 Å². The maximum absolute atomic E-state index is 12.1. The fourth-order valence-electron chi connectivity index (χ4n) is 3.18. The zero-order chi connectivity index (χ0) is 18.9. The summed E-state index contributed by atoms with van der Waals surface area (Å²) in [7, 11) is 1.56. The Kier molecular flexibility index (Phi) is 4.60. The summed E-state index contributed by atoms with van der Waals surface area (Å²) in [5.41, 5.74) is -0.282. The summed E-state index contributed by atoms with van der Waals surface area (Å²) in [5, 5.41) is 14.6. The molecule has 0 aromatic carbocycles. The first kappa shape index (κ1) is 18.2. The largest absolute Gasteiger partial charge is 0.481 e. The second kappa shape index (κ2) is 6.59. The number of rotatable bonds is 4. The zero-order valence-electron chi connectivity index (χ0n) is 15.6. The molecule has 2 aromatic rings. The van der Waals surface area contributed by atoms with Gasteiger partial charge in [-0.05, 0) is 6.07 Å². The molecule has 1 fully saturated rings. The van der Waals surface area contributed by atoms with Crippen molar-refractivity contribution in [1.82, 2.24) is 19.7 Å². The Morgan fingerprint density at radius 2 is 1.96 bits per heavy atom. The second-order valence-corrected chi connectivity index (χ2v) is 7.62. The van der Waals surface area contributed by atoms with Gasteiger partial charge in [-0.1, -0.05) is 20.8 Å². The minimum Gasteiger partial charge on any atom is -0.481 e. The number of carboxylic acid groups (broad SMARTS) is 1. The molecule has 3 rings (SSSR count). The summed E-state index contributed by atoms with van der Waals surface area (Å²) >= 11 is 0. The number of nitrogens with zero attached hydrogens (tertiary/aromatic N) is 5. The van der Waals surface area contributed by atoms with Crippen molar-refractivity contribution in [2.75, 3.05) is 25.1 Å². The monoisotopic (exact) mass is 359 g/mol. The SMILES string of the molecule is COc1ccnc(N2CCC(C(=O)O)(n3ccc(C(C)(C)C)n3)CC2)n1. The van der Waals surface area contributed by atoms with E-state index in [1.165, 1.54) is 0 Å². The van der Waals surface area contributed by atoms with E-state index in [1.54, 1.807) is 30.3 Å². The highest BCUT2D eigenvalue weighted by Gasteiger charge is 2.45. The standard InChI is InChI=1S/C18H25N5O3/c1-17(2,3)13-6-10-23(21-13)18(15(24)25)7-11-22(12-8-18)16-19-9-5-14(20-16)26-4/h5-6,9-10H,7-8,11-12H2,1-4H3,(H,24,25). The van der Waals surface area contributed by atoms with Crippen LogP contribution in [0.3, 0.4) is 0 Å². The Labute approximate surface area is 152 Å². The number of carboxylic acids is 1. The van der Waals surface area contributed by atoms with E-state index in [1.807, 2.05) is 11.0 Å². The maximum Gasteiger partial charge on any atom is 0.331 e. The maximum atomic E-state index is 12.1. The Bertz CT molecular complexity index is 788. The van der Waals surface area contributed by atoms with Gasteiger partial charge >= 0.3 is 5.97 Å². The Morgan fingerprint density at radius 1 is 1.27 bits per heavy atom. The van der Waals surface area contributed by atoms with Crippen LogP contribution >= 0.6 is 0 Å². The van der Waals surface area contributed by atoms with Crippen molar-refractivity contribution in [3.63, 3.8) is 0 Å². The van der Waals surface area contributed by atoms with E-state index in [0.717, 1.165) is 5.69 Å². The average molecular weight is 359 g/mol. The third-order valence-electron chi connectivity index (χ3n) is 4.89. The first-order valence-electron chi connectivity index (χ1n) is 8.68. The summed E-state index contributed by atoms with van der Waals surface area (Å²) < 4.78 is 6.77. The highest BCUT2D eigenvalue weighted by Crippen LogP contribution is 2.33. The van der Waals surface area contributed by atoms with Crippen molar-refractivity contribution in [2.45, 2.75) is 44.6 Å². The van der Waals surface area contributed by atoms with Gasteiger partial charge in [-0.3, -0.25) is 4.68 Å². The number of hydrogen-bond acceptors (Lipinski definition) is 6. The lowest BCUT2D eigenvalue weighted by atomic mass is 9.88. The van der Waals surface area contributed by atoms with Gasteiger partial charge < -0.3 is 14.7 Å². The van der Waals surface area contributed by atoms with E-state index in [9.17, 15) is 9.90 Å². The number of hydrogen-bond donors (Lipinski definition) is 1. The zero-order valence-corrected chi connectivity index (χ0v) is 15.6. The van der Waals surface area contributed by atoms with Crippen molar-refractivity contribution < 1.29 is 14.6 Å². The van der Waals surface area contributed by atoms with E-state index in [2.05, 4.69) is 35.8 Å². The van der Waals surface area contributed by atoms with Crippen LogP contribution in [0.2, 0.25) is 0 Å². The first-order chi connectivity index (χ1) is 12.3. The molecule has 0 bridgehead atoms. The molecule has 1 aliphatic rings. The number of piperidine rings is 1. The topological polar surface area (TPSA) is 93.4 Å². The molecular formula is C18H25N5O3. The molecule has 2 aromatic heterocycles. The minimum atomic E-state index is -1.04. The lowest BCUT2D eigenvalue weighted by Crippen LogP contribution is -2.51.